The molecular weight excluding hydrogens is 238 g/mol. The Morgan fingerprint density at radius 1 is 1.18 bits per heavy atom. The first-order valence-corrected chi connectivity index (χ1v) is 8.15. The summed E-state index contributed by atoms with van der Waals surface area (Å²) in [6, 6.07) is 0.570. The third kappa shape index (κ3) is 6.98. The molecule has 0 bridgehead atoms. The van der Waals surface area contributed by atoms with Crippen molar-refractivity contribution in [2.75, 3.05) is 38.5 Å². The smallest absolute Gasteiger partial charge is 0.212 e. The van der Waals surface area contributed by atoms with E-state index in [1.165, 1.54) is 12.8 Å². The van der Waals surface area contributed by atoms with E-state index in [-0.39, 0.29) is 5.75 Å². The maximum Gasteiger partial charge on any atom is 0.212 e. The van der Waals surface area contributed by atoms with Gasteiger partial charge in [0.15, 0.2) is 0 Å². The molecule has 0 aromatic carbocycles. The molecule has 0 unspecified atom stereocenters. The first-order chi connectivity index (χ1) is 8.07. The van der Waals surface area contributed by atoms with Crippen LogP contribution in [0.2, 0.25) is 0 Å². The molecule has 0 spiro atoms. The van der Waals surface area contributed by atoms with Crippen molar-refractivity contribution < 1.29 is 8.42 Å². The second-order valence-electron chi connectivity index (χ2n) is 4.47. The van der Waals surface area contributed by atoms with E-state index in [9.17, 15) is 8.42 Å². The lowest BCUT2D eigenvalue weighted by molar-refractivity contribution is 0.309. The molecule has 1 aliphatic rings. The molecule has 0 atom stereocenters. The lowest BCUT2D eigenvalue weighted by Crippen LogP contribution is -2.37. The molecular formula is C11H25N3O2S. The van der Waals surface area contributed by atoms with E-state index in [2.05, 4.69) is 28.8 Å². The van der Waals surface area contributed by atoms with Gasteiger partial charge in [-0.05, 0) is 25.9 Å². The molecule has 0 radical (unpaired) electrons. The largest absolute Gasteiger partial charge is 0.313 e. The molecule has 6 heteroatoms. The fraction of sp³-hybridized carbons (Fsp3) is 1.00. The summed E-state index contributed by atoms with van der Waals surface area (Å²) >= 11 is 0. The van der Waals surface area contributed by atoms with Crippen LogP contribution in [0.4, 0.5) is 0 Å². The van der Waals surface area contributed by atoms with Gasteiger partial charge < -0.3 is 10.2 Å². The number of hydrogen-bond donors (Lipinski definition) is 2. The summed E-state index contributed by atoms with van der Waals surface area (Å²) in [7, 11) is -3.10. The topological polar surface area (TPSA) is 61.4 Å². The molecule has 0 heterocycles. The van der Waals surface area contributed by atoms with Crippen molar-refractivity contribution in [1.82, 2.24) is 14.9 Å². The summed E-state index contributed by atoms with van der Waals surface area (Å²) in [4.78, 5) is 2.20. The predicted molar refractivity (Wildman–Crippen MR) is 70.6 cm³/mol. The molecule has 0 amide bonds. The second-order valence-corrected chi connectivity index (χ2v) is 6.39. The fourth-order valence-corrected chi connectivity index (χ4v) is 2.59. The highest BCUT2D eigenvalue weighted by molar-refractivity contribution is 7.89. The summed E-state index contributed by atoms with van der Waals surface area (Å²) in [6.45, 7) is 7.93. The highest BCUT2D eigenvalue weighted by atomic mass is 32.2. The summed E-state index contributed by atoms with van der Waals surface area (Å²) in [6.07, 6.45) is 2.38. The van der Waals surface area contributed by atoms with Gasteiger partial charge in [0.05, 0.1) is 5.75 Å². The number of likely N-dealkylation sites (N-methyl/N-ethyl adjacent to an activating group) is 1. The maximum absolute atomic E-state index is 11.6. The number of nitrogens with one attached hydrogen (secondary N) is 2. The van der Waals surface area contributed by atoms with E-state index >= 15 is 0 Å². The monoisotopic (exact) mass is 263 g/mol. The minimum atomic E-state index is -3.10. The van der Waals surface area contributed by atoms with Crippen LogP contribution in [0.3, 0.4) is 0 Å². The molecule has 17 heavy (non-hydrogen) atoms. The Balaban J connectivity index is 2.09. The summed E-state index contributed by atoms with van der Waals surface area (Å²) < 4.78 is 25.9. The Morgan fingerprint density at radius 2 is 1.82 bits per heavy atom. The number of nitrogens with zero attached hydrogens (tertiary/aromatic N) is 1. The summed E-state index contributed by atoms with van der Waals surface area (Å²) in [5, 5.41) is 3.20. The minimum Gasteiger partial charge on any atom is -0.313 e. The minimum absolute atomic E-state index is 0.182. The Bertz CT molecular complexity index is 298. The normalized spacial score (nSPS) is 16.6. The van der Waals surface area contributed by atoms with E-state index in [0.717, 1.165) is 19.6 Å². The molecule has 1 aliphatic carbocycles. The first-order valence-electron chi connectivity index (χ1n) is 6.50. The van der Waals surface area contributed by atoms with Gasteiger partial charge in [0.1, 0.15) is 0 Å². The highest BCUT2D eigenvalue weighted by Gasteiger charge is 2.21. The highest BCUT2D eigenvalue weighted by Crippen LogP contribution is 2.17. The van der Waals surface area contributed by atoms with Gasteiger partial charge in [-0.3, -0.25) is 0 Å². The van der Waals surface area contributed by atoms with Crippen LogP contribution in [0, 0.1) is 0 Å². The zero-order valence-electron chi connectivity index (χ0n) is 10.9. The van der Waals surface area contributed by atoms with Crippen molar-refractivity contribution in [3.8, 4) is 0 Å². The van der Waals surface area contributed by atoms with Crippen LogP contribution in [0.15, 0.2) is 0 Å². The Morgan fingerprint density at radius 3 is 2.35 bits per heavy atom. The first kappa shape index (κ1) is 14.9. The average molecular weight is 263 g/mol. The van der Waals surface area contributed by atoms with Crippen molar-refractivity contribution in [3.05, 3.63) is 0 Å². The lowest BCUT2D eigenvalue weighted by atomic mass is 10.5. The molecule has 1 saturated carbocycles. The Kier molecular flexibility index (Phi) is 6.40. The van der Waals surface area contributed by atoms with Crippen molar-refractivity contribution in [2.45, 2.75) is 32.7 Å². The lowest BCUT2D eigenvalue weighted by Gasteiger charge is -2.18. The molecule has 2 N–H and O–H groups in total. The van der Waals surface area contributed by atoms with Gasteiger partial charge in [0, 0.05) is 25.7 Å². The predicted octanol–water partition coefficient (Wildman–Crippen LogP) is -0.000400. The van der Waals surface area contributed by atoms with E-state index in [1.807, 2.05) is 0 Å². The molecule has 0 aromatic heterocycles. The van der Waals surface area contributed by atoms with Crippen LogP contribution in [0.1, 0.15) is 26.7 Å². The molecule has 102 valence electrons. The zero-order chi connectivity index (χ0) is 12.7. The summed E-state index contributed by atoms with van der Waals surface area (Å²) in [5.41, 5.74) is 0. The van der Waals surface area contributed by atoms with Crippen molar-refractivity contribution in [3.63, 3.8) is 0 Å². The van der Waals surface area contributed by atoms with Gasteiger partial charge in [-0.1, -0.05) is 13.8 Å². The standard InChI is InChI=1S/C11H25N3O2S/c1-3-14(4-2)9-7-13-17(15,16)10-8-12-11-5-6-11/h11-13H,3-10H2,1-2H3. The average Bonchev–Trinajstić information content (AvgIpc) is 3.08. The van der Waals surface area contributed by atoms with E-state index in [1.54, 1.807) is 0 Å². The van der Waals surface area contributed by atoms with E-state index < -0.39 is 10.0 Å². The van der Waals surface area contributed by atoms with Crippen LogP contribution in [-0.4, -0.2) is 57.8 Å². The number of sulfonamides is 1. The third-order valence-electron chi connectivity index (χ3n) is 3.03. The van der Waals surface area contributed by atoms with Gasteiger partial charge in [-0.15, -0.1) is 0 Å². The van der Waals surface area contributed by atoms with Crippen LogP contribution in [0.5, 0.6) is 0 Å². The Labute approximate surface area is 105 Å². The maximum atomic E-state index is 11.6. The van der Waals surface area contributed by atoms with Gasteiger partial charge >= 0.3 is 0 Å². The molecule has 1 fully saturated rings. The van der Waals surface area contributed by atoms with Gasteiger partial charge in [-0.25, -0.2) is 13.1 Å². The molecule has 5 nitrogen and oxygen atoms in total. The van der Waals surface area contributed by atoms with Crippen LogP contribution in [-0.2, 0) is 10.0 Å². The molecule has 0 aromatic rings. The van der Waals surface area contributed by atoms with Crippen LogP contribution >= 0.6 is 0 Å². The Hall–Kier alpha value is -0.170. The van der Waals surface area contributed by atoms with Crippen molar-refractivity contribution in [1.29, 1.82) is 0 Å². The third-order valence-corrected chi connectivity index (χ3v) is 4.41. The quantitative estimate of drug-likeness (QED) is 0.582. The van der Waals surface area contributed by atoms with E-state index in [4.69, 9.17) is 0 Å². The fourth-order valence-electron chi connectivity index (χ4n) is 1.66. The molecule has 0 aliphatic heterocycles. The van der Waals surface area contributed by atoms with Gasteiger partial charge in [0.25, 0.3) is 0 Å². The summed E-state index contributed by atoms with van der Waals surface area (Å²) in [5.74, 6) is 0.182. The van der Waals surface area contributed by atoms with Crippen molar-refractivity contribution >= 4 is 10.0 Å². The number of rotatable bonds is 10. The molecule has 1 rings (SSSR count). The van der Waals surface area contributed by atoms with Crippen LogP contribution in [0.25, 0.3) is 0 Å². The zero-order valence-corrected chi connectivity index (χ0v) is 11.7. The van der Waals surface area contributed by atoms with Crippen LogP contribution < -0.4 is 10.0 Å². The molecule has 0 saturated heterocycles. The van der Waals surface area contributed by atoms with Gasteiger partial charge in [0.2, 0.25) is 10.0 Å². The van der Waals surface area contributed by atoms with E-state index in [0.29, 0.717) is 19.1 Å². The SMILES string of the molecule is CCN(CC)CCNS(=O)(=O)CCNC1CC1. The second kappa shape index (κ2) is 7.31. The van der Waals surface area contributed by atoms with Gasteiger partial charge in [-0.2, -0.15) is 0 Å². The number of hydrogen-bond acceptors (Lipinski definition) is 4. The van der Waals surface area contributed by atoms with Crippen molar-refractivity contribution in [2.24, 2.45) is 0 Å².